The maximum absolute atomic E-state index is 10.3. The van der Waals surface area contributed by atoms with Crippen molar-refractivity contribution in [3.63, 3.8) is 0 Å². The average molecular weight is 459 g/mol. The molecule has 5 rings (SSSR count). The molecule has 1 aromatic heterocycles. The number of aliphatic hydroxyl groups is 1. The first-order valence-corrected chi connectivity index (χ1v) is 14.4. The zero-order valence-corrected chi connectivity index (χ0v) is 21.3. The van der Waals surface area contributed by atoms with Gasteiger partial charge >= 0.3 is 0 Å². The molecule has 4 aliphatic rings. The fraction of sp³-hybridized carbons (Fsp3) is 0.923. The van der Waals surface area contributed by atoms with Crippen LogP contribution in [0.2, 0.25) is 0 Å². The van der Waals surface area contributed by atoms with E-state index in [1.807, 2.05) is 6.26 Å². The summed E-state index contributed by atoms with van der Waals surface area (Å²) in [5.74, 6) is 5.77. The number of hydrogen-bond donors (Lipinski definition) is 1. The van der Waals surface area contributed by atoms with Crippen LogP contribution < -0.4 is 0 Å². The van der Waals surface area contributed by atoms with Gasteiger partial charge in [0.05, 0.1) is 6.10 Å². The molecule has 9 atom stereocenters. The Morgan fingerprint density at radius 1 is 0.938 bits per heavy atom. The highest BCUT2D eigenvalue weighted by Gasteiger charge is 2.60. The summed E-state index contributed by atoms with van der Waals surface area (Å²) in [6.07, 6.45) is 15.7. The minimum absolute atomic E-state index is 0.0403. The van der Waals surface area contributed by atoms with Gasteiger partial charge in [-0.2, -0.15) is 0 Å². The topological polar surface area (TPSA) is 71.8 Å². The molecule has 5 nitrogen and oxygen atoms in total. The number of aryl methyl sites for hydroxylation is 1. The second kappa shape index (κ2) is 8.79. The predicted octanol–water partition coefficient (Wildman–Crippen LogP) is 5.58. The van der Waals surface area contributed by atoms with Gasteiger partial charge in [-0.3, -0.25) is 0 Å². The Bertz CT molecular complexity index is 806. The van der Waals surface area contributed by atoms with Gasteiger partial charge in [0.25, 0.3) is 0 Å². The molecule has 1 aromatic rings. The molecule has 1 N–H and O–H groups in total. The van der Waals surface area contributed by atoms with Crippen LogP contribution in [0.3, 0.4) is 0 Å². The number of nitrogens with zero attached hydrogens (tertiary/aromatic N) is 4. The fourth-order valence-corrected chi connectivity index (χ4v) is 9.44. The van der Waals surface area contributed by atoms with E-state index in [4.69, 9.17) is 0 Å². The van der Waals surface area contributed by atoms with Crippen LogP contribution in [0, 0.1) is 46.3 Å². The fourth-order valence-electron chi connectivity index (χ4n) is 9.19. The van der Waals surface area contributed by atoms with Crippen LogP contribution >= 0.6 is 11.8 Å². The standard InChI is InChI=1S/C26H42N4OS/c1-16(5-10-23-27-29-24(32-4)30-28-23)20-8-9-21-19-7-6-17-15-18(31)11-13-25(17,2)22(19)12-14-26(20,21)3/h16-22,31H,5-15H2,1-4H3/t16-,17-,18-,19+,20-,21+,22+,25+,26-/m1/s1. The van der Waals surface area contributed by atoms with Crippen LogP contribution in [0.15, 0.2) is 5.16 Å². The third-order valence-corrected chi connectivity index (χ3v) is 11.4. The summed E-state index contributed by atoms with van der Waals surface area (Å²) in [7, 11) is 0. The van der Waals surface area contributed by atoms with Crippen LogP contribution in [0.5, 0.6) is 0 Å². The van der Waals surface area contributed by atoms with E-state index >= 15 is 0 Å². The van der Waals surface area contributed by atoms with Gasteiger partial charge in [0.1, 0.15) is 0 Å². The number of aliphatic hydroxyl groups excluding tert-OH is 1. The van der Waals surface area contributed by atoms with E-state index in [0.717, 1.165) is 61.1 Å². The summed E-state index contributed by atoms with van der Waals surface area (Å²) < 4.78 is 0. The van der Waals surface area contributed by atoms with E-state index in [-0.39, 0.29) is 6.10 Å². The van der Waals surface area contributed by atoms with Crippen molar-refractivity contribution >= 4 is 11.8 Å². The van der Waals surface area contributed by atoms with Crippen molar-refractivity contribution < 1.29 is 5.11 Å². The Balaban J connectivity index is 1.26. The predicted molar refractivity (Wildman–Crippen MR) is 128 cm³/mol. The molecule has 4 fully saturated rings. The summed E-state index contributed by atoms with van der Waals surface area (Å²) in [6, 6.07) is 0. The first-order chi connectivity index (χ1) is 15.3. The second-order valence-electron chi connectivity index (χ2n) is 12.1. The third-order valence-electron chi connectivity index (χ3n) is 10.9. The Morgan fingerprint density at radius 3 is 2.41 bits per heavy atom. The zero-order chi connectivity index (χ0) is 22.5. The Kier molecular flexibility index (Phi) is 6.32. The number of hydrogen-bond acceptors (Lipinski definition) is 6. The lowest BCUT2D eigenvalue weighted by atomic mass is 9.44. The zero-order valence-electron chi connectivity index (χ0n) is 20.5. The molecule has 32 heavy (non-hydrogen) atoms. The van der Waals surface area contributed by atoms with Crippen molar-refractivity contribution in [2.75, 3.05) is 6.26 Å². The maximum atomic E-state index is 10.3. The van der Waals surface area contributed by atoms with Gasteiger partial charge in [-0.1, -0.05) is 32.5 Å². The second-order valence-corrected chi connectivity index (χ2v) is 12.9. The molecule has 6 heteroatoms. The van der Waals surface area contributed by atoms with Gasteiger partial charge < -0.3 is 5.11 Å². The molecule has 0 bridgehead atoms. The van der Waals surface area contributed by atoms with E-state index < -0.39 is 0 Å². The SMILES string of the molecule is CSc1nnc(CC[C@@H](C)[C@H]2CC[C@H]3[C@@H]4CC[C@@H]5C[C@H](O)CC[C@]5(C)[C@H]4CC[C@]23C)nn1. The lowest BCUT2D eigenvalue weighted by Crippen LogP contribution is -2.54. The van der Waals surface area contributed by atoms with Crippen LogP contribution in [0.1, 0.15) is 90.8 Å². The largest absolute Gasteiger partial charge is 0.393 e. The van der Waals surface area contributed by atoms with Gasteiger partial charge in [0.2, 0.25) is 5.16 Å². The third kappa shape index (κ3) is 3.81. The molecule has 0 aliphatic heterocycles. The van der Waals surface area contributed by atoms with Crippen molar-refractivity contribution in [1.82, 2.24) is 20.4 Å². The van der Waals surface area contributed by atoms with E-state index in [1.54, 1.807) is 0 Å². The summed E-state index contributed by atoms with van der Waals surface area (Å²) in [5, 5.41) is 27.8. The highest BCUT2D eigenvalue weighted by molar-refractivity contribution is 7.98. The molecular formula is C26H42N4OS. The average Bonchev–Trinajstić information content (AvgIpc) is 3.15. The van der Waals surface area contributed by atoms with E-state index in [2.05, 4.69) is 41.2 Å². The van der Waals surface area contributed by atoms with Gasteiger partial charge in [-0.25, -0.2) is 0 Å². The molecule has 0 unspecified atom stereocenters. The van der Waals surface area contributed by atoms with E-state index in [0.29, 0.717) is 21.9 Å². The molecule has 0 spiro atoms. The van der Waals surface area contributed by atoms with Crippen LogP contribution in [-0.4, -0.2) is 37.9 Å². The van der Waals surface area contributed by atoms with Crippen molar-refractivity contribution in [2.45, 2.75) is 103 Å². The Hall–Kier alpha value is -0.750. The minimum atomic E-state index is -0.0403. The Labute approximate surface area is 198 Å². The summed E-state index contributed by atoms with van der Waals surface area (Å²) in [5.41, 5.74) is 0.978. The molecular weight excluding hydrogens is 416 g/mol. The molecule has 178 valence electrons. The van der Waals surface area contributed by atoms with Crippen LogP contribution in [0.4, 0.5) is 0 Å². The Morgan fingerprint density at radius 2 is 1.66 bits per heavy atom. The number of thioether (sulfide) groups is 1. The number of fused-ring (bicyclic) bond motifs is 5. The van der Waals surface area contributed by atoms with Gasteiger partial charge in [0, 0.05) is 6.42 Å². The number of rotatable bonds is 5. The monoisotopic (exact) mass is 458 g/mol. The molecule has 4 aliphatic carbocycles. The number of aromatic nitrogens is 4. The normalized spacial score (nSPS) is 44.4. The maximum Gasteiger partial charge on any atom is 0.229 e. The van der Waals surface area contributed by atoms with Gasteiger partial charge in [0.15, 0.2) is 5.82 Å². The van der Waals surface area contributed by atoms with Gasteiger partial charge in [-0.05, 0) is 117 Å². The van der Waals surface area contributed by atoms with Crippen molar-refractivity contribution in [1.29, 1.82) is 0 Å². The molecule has 1 heterocycles. The van der Waals surface area contributed by atoms with E-state index in [9.17, 15) is 5.11 Å². The first kappa shape index (κ1) is 23.0. The van der Waals surface area contributed by atoms with Crippen molar-refractivity contribution in [3.8, 4) is 0 Å². The quantitative estimate of drug-likeness (QED) is 0.581. The van der Waals surface area contributed by atoms with Crippen LogP contribution in [0.25, 0.3) is 0 Å². The highest BCUT2D eigenvalue weighted by atomic mass is 32.2. The lowest BCUT2D eigenvalue weighted by molar-refractivity contribution is -0.129. The summed E-state index contributed by atoms with van der Waals surface area (Å²) in [6.45, 7) is 7.72. The smallest absolute Gasteiger partial charge is 0.229 e. The van der Waals surface area contributed by atoms with Crippen molar-refractivity contribution in [2.24, 2.45) is 46.3 Å². The molecule has 4 saturated carbocycles. The summed E-state index contributed by atoms with van der Waals surface area (Å²) >= 11 is 1.49. The molecule has 0 saturated heterocycles. The molecule has 0 aromatic carbocycles. The van der Waals surface area contributed by atoms with Gasteiger partial charge in [-0.15, -0.1) is 20.4 Å². The first-order valence-electron chi connectivity index (χ1n) is 13.1. The van der Waals surface area contributed by atoms with Crippen molar-refractivity contribution in [3.05, 3.63) is 5.82 Å². The molecule has 0 amide bonds. The van der Waals surface area contributed by atoms with E-state index in [1.165, 1.54) is 56.7 Å². The minimum Gasteiger partial charge on any atom is -0.393 e. The highest BCUT2D eigenvalue weighted by Crippen LogP contribution is 2.68. The van der Waals surface area contributed by atoms with Crippen LogP contribution in [-0.2, 0) is 6.42 Å². The summed E-state index contributed by atoms with van der Waals surface area (Å²) in [4.78, 5) is 0. The molecule has 0 radical (unpaired) electrons. The lowest BCUT2D eigenvalue weighted by Gasteiger charge is -2.61.